The number of benzene rings is 1. The molecule has 0 aromatic heterocycles. The van der Waals surface area contributed by atoms with E-state index in [1.54, 1.807) is 20.8 Å². The van der Waals surface area contributed by atoms with Crippen molar-refractivity contribution < 1.29 is 27.9 Å². The van der Waals surface area contributed by atoms with Crippen LogP contribution in [0.25, 0.3) is 0 Å². The van der Waals surface area contributed by atoms with E-state index in [0.717, 1.165) is 6.07 Å². The SMILES string of the molecule is CC(CC(=O)NCCC(C)(C)C(=O)O)c1ccccc1C(F)(F)F. The van der Waals surface area contributed by atoms with Crippen LogP contribution in [-0.2, 0) is 15.8 Å². The molecule has 2 N–H and O–H groups in total. The Kier molecular flexibility index (Phi) is 6.40. The Hall–Kier alpha value is -2.05. The van der Waals surface area contributed by atoms with Crippen molar-refractivity contribution in [2.45, 2.75) is 45.7 Å². The Morgan fingerprint density at radius 1 is 1.21 bits per heavy atom. The molecule has 0 fully saturated rings. The zero-order valence-corrected chi connectivity index (χ0v) is 13.9. The van der Waals surface area contributed by atoms with E-state index < -0.39 is 34.9 Å². The highest BCUT2D eigenvalue weighted by Gasteiger charge is 2.34. The van der Waals surface area contributed by atoms with Crippen LogP contribution in [0.1, 0.15) is 50.7 Å². The maximum atomic E-state index is 13.0. The molecule has 24 heavy (non-hydrogen) atoms. The van der Waals surface area contributed by atoms with Gasteiger partial charge in [0.1, 0.15) is 0 Å². The monoisotopic (exact) mass is 345 g/mol. The summed E-state index contributed by atoms with van der Waals surface area (Å²) in [5.41, 5.74) is -1.63. The van der Waals surface area contributed by atoms with Gasteiger partial charge in [0.05, 0.1) is 11.0 Å². The minimum Gasteiger partial charge on any atom is -0.481 e. The number of carbonyl (C=O) groups is 2. The normalized spacial score (nSPS) is 13.4. The van der Waals surface area contributed by atoms with Gasteiger partial charge in [-0.1, -0.05) is 25.1 Å². The molecule has 0 aliphatic rings. The predicted molar refractivity (Wildman–Crippen MR) is 83.5 cm³/mol. The molecule has 1 aromatic rings. The van der Waals surface area contributed by atoms with Gasteiger partial charge in [0, 0.05) is 13.0 Å². The van der Waals surface area contributed by atoms with Crippen LogP contribution in [0.4, 0.5) is 13.2 Å². The standard InChI is InChI=1S/C17H22F3NO3/c1-11(12-6-4-5-7-13(12)17(18,19)20)10-14(22)21-9-8-16(2,3)15(23)24/h4-7,11H,8-10H2,1-3H3,(H,21,22)(H,23,24). The number of alkyl halides is 3. The van der Waals surface area contributed by atoms with Gasteiger partial charge in [0.15, 0.2) is 0 Å². The Morgan fingerprint density at radius 3 is 2.33 bits per heavy atom. The molecule has 0 spiro atoms. The van der Waals surface area contributed by atoms with Gasteiger partial charge in [-0.15, -0.1) is 0 Å². The number of amides is 1. The Balaban J connectivity index is 2.64. The Bertz CT molecular complexity index is 597. The molecule has 0 aliphatic carbocycles. The number of carboxylic acid groups (broad SMARTS) is 1. The number of halogens is 3. The third-order valence-electron chi connectivity index (χ3n) is 3.94. The smallest absolute Gasteiger partial charge is 0.416 e. The van der Waals surface area contributed by atoms with Gasteiger partial charge in [-0.3, -0.25) is 9.59 Å². The fraction of sp³-hybridized carbons (Fsp3) is 0.529. The first kappa shape index (κ1) is 20.0. The zero-order valence-electron chi connectivity index (χ0n) is 13.9. The second kappa shape index (κ2) is 7.68. The highest BCUT2D eigenvalue weighted by Crippen LogP contribution is 2.35. The van der Waals surface area contributed by atoms with Crippen molar-refractivity contribution in [3.8, 4) is 0 Å². The summed E-state index contributed by atoms with van der Waals surface area (Å²) in [5, 5.41) is 11.6. The minimum absolute atomic E-state index is 0.0750. The van der Waals surface area contributed by atoms with Crippen molar-refractivity contribution in [1.82, 2.24) is 5.32 Å². The van der Waals surface area contributed by atoms with Crippen molar-refractivity contribution >= 4 is 11.9 Å². The van der Waals surface area contributed by atoms with E-state index in [2.05, 4.69) is 5.32 Å². The van der Waals surface area contributed by atoms with E-state index in [1.807, 2.05) is 0 Å². The van der Waals surface area contributed by atoms with E-state index in [9.17, 15) is 22.8 Å². The van der Waals surface area contributed by atoms with Gasteiger partial charge >= 0.3 is 12.1 Å². The average molecular weight is 345 g/mol. The highest BCUT2D eigenvalue weighted by atomic mass is 19.4. The summed E-state index contributed by atoms with van der Waals surface area (Å²) in [6.45, 7) is 4.81. The number of aliphatic carboxylic acids is 1. The van der Waals surface area contributed by atoms with E-state index in [-0.39, 0.29) is 24.9 Å². The van der Waals surface area contributed by atoms with Gasteiger partial charge in [0.25, 0.3) is 0 Å². The van der Waals surface area contributed by atoms with Crippen LogP contribution in [0.15, 0.2) is 24.3 Å². The second-order valence-corrected chi connectivity index (χ2v) is 6.48. The van der Waals surface area contributed by atoms with Gasteiger partial charge in [-0.05, 0) is 37.8 Å². The molecular weight excluding hydrogens is 323 g/mol. The largest absolute Gasteiger partial charge is 0.481 e. The number of hydrogen-bond donors (Lipinski definition) is 2. The lowest BCUT2D eigenvalue weighted by molar-refractivity contribution is -0.147. The van der Waals surface area contributed by atoms with Crippen molar-refractivity contribution in [3.63, 3.8) is 0 Å². The number of nitrogens with one attached hydrogen (secondary N) is 1. The van der Waals surface area contributed by atoms with Crippen LogP contribution in [0, 0.1) is 5.41 Å². The number of rotatable bonds is 7. The predicted octanol–water partition coefficient (Wildman–Crippen LogP) is 3.82. The van der Waals surface area contributed by atoms with Gasteiger partial charge in [-0.2, -0.15) is 13.2 Å². The lowest BCUT2D eigenvalue weighted by atomic mass is 9.89. The third kappa shape index (κ3) is 5.54. The van der Waals surface area contributed by atoms with E-state index >= 15 is 0 Å². The van der Waals surface area contributed by atoms with Crippen LogP contribution in [0.3, 0.4) is 0 Å². The summed E-state index contributed by atoms with van der Waals surface area (Å²) in [5.74, 6) is -1.97. The molecule has 1 unspecified atom stereocenters. The van der Waals surface area contributed by atoms with E-state index in [0.29, 0.717) is 0 Å². The minimum atomic E-state index is -4.47. The Morgan fingerprint density at radius 2 is 1.79 bits per heavy atom. The first-order valence-corrected chi connectivity index (χ1v) is 7.61. The topological polar surface area (TPSA) is 66.4 Å². The lowest BCUT2D eigenvalue weighted by Gasteiger charge is -2.20. The molecule has 1 atom stereocenters. The number of carbonyl (C=O) groups excluding carboxylic acids is 1. The van der Waals surface area contributed by atoms with Crippen molar-refractivity contribution in [3.05, 3.63) is 35.4 Å². The van der Waals surface area contributed by atoms with Crippen LogP contribution in [-0.4, -0.2) is 23.5 Å². The molecule has 0 radical (unpaired) electrons. The maximum Gasteiger partial charge on any atom is 0.416 e. The quantitative estimate of drug-likeness (QED) is 0.789. The zero-order chi connectivity index (χ0) is 18.5. The summed E-state index contributed by atoms with van der Waals surface area (Å²) in [7, 11) is 0. The summed E-state index contributed by atoms with van der Waals surface area (Å²) < 4.78 is 39.0. The molecule has 4 nitrogen and oxygen atoms in total. The highest BCUT2D eigenvalue weighted by molar-refractivity contribution is 5.77. The fourth-order valence-corrected chi connectivity index (χ4v) is 2.27. The second-order valence-electron chi connectivity index (χ2n) is 6.48. The van der Waals surface area contributed by atoms with Crippen LogP contribution >= 0.6 is 0 Å². The number of carboxylic acids is 1. The molecule has 0 aliphatic heterocycles. The molecule has 0 saturated heterocycles. The summed E-state index contributed by atoms with van der Waals surface area (Å²) in [4.78, 5) is 22.9. The van der Waals surface area contributed by atoms with Crippen LogP contribution < -0.4 is 5.32 Å². The first-order chi connectivity index (χ1) is 10.9. The van der Waals surface area contributed by atoms with Gasteiger partial charge in [0.2, 0.25) is 5.91 Å². The molecule has 1 amide bonds. The van der Waals surface area contributed by atoms with E-state index in [1.165, 1.54) is 18.2 Å². The van der Waals surface area contributed by atoms with Crippen LogP contribution in [0.5, 0.6) is 0 Å². The molecule has 1 aromatic carbocycles. The first-order valence-electron chi connectivity index (χ1n) is 7.61. The maximum absolute atomic E-state index is 13.0. The summed E-state index contributed by atoms with van der Waals surface area (Å²) in [6.07, 6.45) is -4.32. The van der Waals surface area contributed by atoms with Crippen molar-refractivity contribution in [2.24, 2.45) is 5.41 Å². The number of hydrogen-bond acceptors (Lipinski definition) is 2. The van der Waals surface area contributed by atoms with Crippen LogP contribution in [0.2, 0.25) is 0 Å². The molecule has 0 bridgehead atoms. The average Bonchev–Trinajstić information content (AvgIpc) is 2.45. The molecule has 0 saturated carbocycles. The molecule has 1 rings (SSSR count). The van der Waals surface area contributed by atoms with Crippen molar-refractivity contribution in [2.75, 3.05) is 6.54 Å². The van der Waals surface area contributed by atoms with Gasteiger partial charge < -0.3 is 10.4 Å². The van der Waals surface area contributed by atoms with Gasteiger partial charge in [-0.25, -0.2) is 0 Å². The third-order valence-corrected chi connectivity index (χ3v) is 3.94. The fourth-order valence-electron chi connectivity index (χ4n) is 2.27. The molecule has 7 heteroatoms. The molecular formula is C17H22F3NO3. The van der Waals surface area contributed by atoms with Crippen molar-refractivity contribution in [1.29, 1.82) is 0 Å². The Labute approximate surface area is 139 Å². The molecule has 0 heterocycles. The summed E-state index contributed by atoms with van der Waals surface area (Å²) >= 11 is 0. The molecule has 134 valence electrons. The van der Waals surface area contributed by atoms with E-state index in [4.69, 9.17) is 5.11 Å². The summed E-state index contributed by atoms with van der Waals surface area (Å²) in [6, 6.07) is 5.19. The lowest BCUT2D eigenvalue weighted by Crippen LogP contribution is -2.32.